The van der Waals surface area contributed by atoms with Crippen LogP contribution in [0.15, 0.2) is 17.1 Å². The van der Waals surface area contributed by atoms with Crippen LogP contribution in [0.25, 0.3) is 0 Å². The number of aliphatic hydroxyl groups excluding tert-OH is 1. The first-order valence-corrected chi connectivity index (χ1v) is 5.76. The monoisotopic (exact) mass is 241 g/mol. The Balaban J connectivity index is 2.77. The van der Waals surface area contributed by atoms with Crippen molar-refractivity contribution in [1.82, 2.24) is 9.55 Å². The van der Waals surface area contributed by atoms with Gasteiger partial charge < -0.3 is 15.6 Å². The molecule has 1 unspecified atom stereocenters. The average Bonchev–Trinajstić information content (AvgIpc) is 2.28. The Hall–Kier alpha value is -1.40. The van der Waals surface area contributed by atoms with Crippen LogP contribution in [-0.4, -0.2) is 27.9 Å². The zero-order valence-electron chi connectivity index (χ0n) is 10.0. The largest absolute Gasteiger partial charge is 0.396 e. The lowest BCUT2D eigenvalue weighted by Crippen LogP contribution is -2.28. The van der Waals surface area contributed by atoms with E-state index >= 15 is 0 Å². The lowest BCUT2D eigenvalue weighted by atomic mass is 10.2. The van der Waals surface area contributed by atoms with Crippen LogP contribution >= 0.6 is 0 Å². The minimum Gasteiger partial charge on any atom is -0.396 e. The third-order valence-corrected chi connectivity index (χ3v) is 2.38. The standard InChI is InChI=1S/C11H19N3O3/c1-2-17-10(5-3-4-8-15)14-7-6-9(12)13-11(14)16/h6-7,10,15H,2-5,8H2,1H3,(H2,12,13,16). The lowest BCUT2D eigenvalue weighted by molar-refractivity contribution is -0.00144. The van der Waals surface area contributed by atoms with Gasteiger partial charge in [0.15, 0.2) is 0 Å². The van der Waals surface area contributed by atoms with Crippen LogP contribution in [0.4, 0.5) is 5.82 Å². The van der Waals surface area contributed by atoms with Crippen molar-refractivity contribution in [1.29, 1.82) is 0 Å². The van der Waals surface area contributed by atoms with Crippen LogP contribution in [-0.2, 0) is 4.74 Å². The predicted molar refractivity (Wildman–Crippen MR) is 64.5 cm³/mol. The summed E-state index contributed by atoms with van der Waals surface area (Å²) in [4.78, 5) is 15.3. The molecule has 6 heteroatoms. The van der Waals surface area contributed by atoms with Crippen LogP contribution in [0.3, 0.4) is 0 Å². The fraction of sp³-hybridized carbons (Fsp3) is 0.636. The third-order valence-electron chi connectivity index (χ3n) is 2.38. The summed E-state index contributed by atoms with van der Waals surface area (Å²) in [5.41, 5.74) is 5.02. The third kappa shape index (κ3) is 4.16. The van der Waals surface area contributed by atoms with Gasteiger partial charge in [-0.05, 0) is 32.3 Å². The molecule has 6 nitrogen and oxygen atoms in total. The molecule has 0 saturated heterocycles. The van der Waals surface area contributed by atoms with Crippen molar-refractivity contribution in [2.24, 2.45) is 0 Å². The van der Waals surface area contributed by atoms with Gasteiger partial charge in [0.1, 0.15) is 12.0 Å². The van der Waals surface area contributed by atoms with Crippen molar-refractivity contribution in [3.63, 3.8) is 0 Å². The Morgan fingerprint density at radius 3 is 2.94 bits per heavy atom. The Labute approximate surface area is 100 Å². The molecular formula is C11H19N3O3. The molecule has 0 aromatic carbocycles. The van der Waals surface area contributed by atoms with E-state index in [0.717, 1.165) is 6.42 Å². The van der Waals surface area contributed by atoms with E-state index in [2.05, 4.69) is 4.98 Å². The molecule has 3 N–H and O–H groups in total. The molecule has 1 heterocycles. The topological polar surface area (TPSA) is 90.4 Å². The van der Waals surface area contributed by atoms with E-state index in [1.165, 1.54) is 4.57 Å². The highest BCUT2D eigenvalue weighted by Gasteiger charge is 2.12. The molecule has 0 aliphatic rings. The SMILES string of the molecule is CCOC(CCCCO)n1ccc(N)nc1=O. The highest BCUT2D eigenvalue weighted by atomic mass is 16.5. The van der Waals surface area contributed by atoms with Gasteiger partial charge in [-0.15, -0.1) is 0 Å². The van der Waals surface area contributed by atoms with Crippen LogP contribution in [0.2, 0.25) is 0 Å². The normalized spacial score (nSPS) is 12.6. The van der Waals surface area contributed by atoms with Gasteiger partial charge in [0.25, 0.3) is 0 Å². The molecule has 1 aromatic rings. The van der Waals surface area contributed by atoms with E-state index in [-0.39, 0.29) is 18.7 Å². The smallest absolute Gasteiger partial charge is 0.351 e. The summed E-state index contributed by atoms with van der Waals surface area (Å²) < 4.78 is 6.92. The minimum absolute atomic E-state index is 0.147. The molecule has 1 rings (SSSR count). The summed E-state index contributed by atoms with van der Waals surface area (Å²) in [5, 5.41) is 8.73. The molecular weight excluding hydrogens is 222 g/mol. The number of aliphatic hydroxyl groups is 1. The Morgan fingerprint density at radius 2 is 2.35 bits per heavy atom. The lowest BCUT2D eigenvalue weighted by Gasteiger charge is -2.19. The number of ether oxygens (including phenoxy) is 1. The first-order valence-electron chi connectivity index (χ1n) is 5.76. The van der Waals surface area contributed by atoms with Crippen molar-refractivity contribution in [2.45, 2.75) is 32.4 Å². The van der Waals surface area contributed by atoms with E-state index in [9.17, 15) is 4.79 Å². The van der Waals surface area contributed by atoms with Gasteiger partial charge in [0.05, 0.1) is 0 Å². The molecule has 0 amide bonds. The number of nitrogens with two attached hydrogens (primary N) is 1. The van der Waals surface area contributed by atoms with Gasteiger partial charge in [-0.2, -0.15) is 4.98 Å². The summed E-state index contributed by atoms with van der Waals surface area (Å²) in [6.45, 7) is 2.53. The van der Waals surface area contributed by atoms with Crippen LogP contribution in [0.1, 0.15) is 32.4 Å². The predicted octanol–water partition coefficient (Wildman–Crippen LogP) is 0.523. The number of nitrogens with zero attached hydrogens (tertiary/aromatic N) is 2. The fourth-order valence-electron chi connectivity index (χ4n) is 1.57. The maximum absolute atomic E-state index is 11.6. The Bertz CT molecular complexity index is 392. The van der Waals surface area contributed by atoms with Crippen LogP contribution in [0.5, 0.6) is 0 Å². The quantitative estimate of drug-likeness (QED) is 0.679. The van der Waals surface area contributed by atoms with E-state index < -0.39 is 5.69 Å². The van der Waals surface area contributed by atoms with E-state index in [0.29, 0.717) is 19.4 Å². The first kappa shape index (κ1) is 13.7. The van der Waals surface area contributed by atoms with Crippen molar-refractivity contribution in [3.05, 3.63) is 22.7 Å². The molecule has 0 aliphatic heterocycles. The number of hydrogen-bond acceptors (Lipinski definition) is 5. The second-order valence-corrected chi connectivity index (χ2v) is 3.67. The van der Waals surface area contributed by atoms with Gasteiger partial charge in [0, 0.05) is 19.4 Å². The van der Waals surface area contributed by atoms with Crippen molar-refractivity contribution < 1.29 is 9.84 Å². The minimum atomic E-state index is -0.410. The summed E-state index contributed by atoms with van der Waals surface area (Å²) in [6, 6.07) is 1.57. The zero-order valence-corrected chi connectivity index (χ0v) is 10.0. The molecule has 17 heavy (non-hydrogen) atoms. The number of nitrogen functional groups attached to an aromatic ring is 1. The first-order chi connectivity index (χ1) is 8.19. The molecule has 0 fully saturated rings. The molecule has 0 bridgehead atoms. The highest BCUT2D eigenvalue weighted by molar-refractivity contribution is 5.23. The maximum atomic E-state index is 11.6. The van der Waals surface area contributed by atoms with E-state index in [1.807, 2.05) is 6.92 Å². The summed E-state index contributed by atoms with van der Waals surface area (Å²) in [6.07, 6.45) is 3.40. The summed E-state index contributed by atoms with van der Waals surface area (Å²) in [7, 11) is 0. The molecule has 0 spiro atoms. The Kier molecular flexibility index (Phi) is 5.65. The zero-order chi connectivity index (χ0) is 12.7. The molecule has 0 aliphatic carbocycles. The number of unbranched alkanes of at least 4 members (excludes halogenated alkanes) is 1. The number of anilines is 1. The molecule has 0 saturated carbocycles. The molecule has 0 radical (unpaired) electrons. The number of aromatic nitrogens is 2. The number of hydrogen-bond donors (Lipinski definition) is 2. The fourth-order valence-corrected chi connectivity index (χ4v) is 1.57. The van der Waals surface area contributed by atoms with Crippen molar-refractivity contribution >= 4 is 5.82 Å². The van der Waals surface area contributed by atoms with Crippen molar-refractivity contribution in [2.75, 3.05) is 18.9 Å². The van der Waals surface area contributed by atoms with Crippen LogP contribution < -0.4 is 11.4 Å². The highest BCUT2D eigenvalue weighted by Crippen LogP contribution is 2.14. The van der Waals surface area contributed by atoms with E-state index in [1.54, 1.807) is 12.3 Å². The van der Waals surface area contributed by atoms with Gasteiger partial charge in [-0.1, -0.05) is 0 Å². The second-order valence-electron chi connectivity index (χ2n) is 3.67. The molecule has 1 atom stereocenters. The summed E-state index contributed by atoms with van der Waals surface area (Å²) in [5.74, 6) is 0.205. The molecule has 96 valence electrons. The summed E-state index contributed by atoms with van der Waals surface area (Å²) >= 11 is 0. The van der Waals surface area contributed by atoms with Gasteiger partial charge in [-0.25, -0.2) is 4.79 Å². The number of rotatable bonds is 7. The second kappa shape index (κ2) is 7.03. The molecule has 1 aromatic heterocycles. The van der Waals surface area contributed by atoms with Crippen molar-refractivity contribution in [3.8, 4) is 0 Å². The van der Waals surface area contributed by atoms with E-state index in [4.69, 9.17) is 15.6 Å². The van der Waals surface area contributed by atoms with Gasteiger partial charge in [-0.3, -0.25) is 4.57 Å². The van der Waals surface area contributed by atoms with Gasteiger partial charge in [0.2, 0.25) is 0 Å². The Morgan fingerprint density at radius 1 is 1.59 bits per heavy atom. The van der Waals surface area contributed by atoms with Gasteiger partial charge >= 0.3 is 5.69 Å². The average molecular weight is 241 g/mol. The van der Waals surface area contributed by atoms with Crippen LogP contribution in [0, 0.1) is 0 Å². The maximum Gasteiger partial charge on any atom is 0.351 e.